The van der Waals surface area contributed by atoms with Crippen molar-refractivity contribution in [2.45, 2.75) is 44.6 Å². The molecule has 140 valence electrons. The smallest absolute Gasteiger partial charge is 0.179 e. The molecule has 0 spiro atoms. The average molecular weight is 381 g/mol. The van der Waals surface area contributed by atoms with Gasteiger partial charge in [-0.3, -0.25) is 9.30 Å². The zero-order valence-electron chi connectivity index (χ0n) is 15.5. The third kappa shape index (κ3) is 3.61. The van der Waals surface area contributed by atoms with Crippen LogP contribution in [0.5, 0.6) is 0 Å². The lowest BCUT2D eigenvalue weighted by molar-refractivity contribution is 0.204. The Bertz CT molecular complexity index is 924. The molecule has 1 saturated heterocycles. The maximum absolute atomic E-state index is 6.70. The predicted octanol–water partition coefficient (Wildman–Crippen LogP) is 4.71. The molecular weight excluding hydrogens is 356 g/mol. The van der Waals surface area contributed by atoms with Crippen LogP contribution in [0.4, 0.5) is 0 Å². The average Bonchev–Trinajstić information content (AvgIpc) is 3.44. The predicted molar refractivity (Wildman–Crippen MR) is 108 cm³/mol. The standard InChI is InChI=1S/C22H25ClN4/c23-21-19(10-13-27-20(14-16-6-7-16)24-25-22(21)27)15-26-11-8-18(9-12-26)17-4-2-1-3-5-17/h1-5,10,13,16,18H,6-9,11-12,14-15H2. The maximum Gasteiger partial charge on any atom is 0.179 e. The van der Waals surface area contributed by atoms with E-state index in [2.05, 4.69) is 62.1 Å². The van der Waals surface area contributed by atoms with Crippen molar-refractivity contribution in [2.24, 2.45) is 5.92 Å². The molecule has 1 aromatic carbocycles. The maximum atomic E-state index is 6.70. The summed E-state index contributed by atoms with van der Waals surface area (Å²) < 4.78 is 2.08. The van der Waals surface area contributed by atoms with Crippen molar-refractivity contribution in [3.05, 3.63) is 64.6 Å². The minimum absolute atomic E-state index is 0.682. The van der Waals surface area contributed by atoms with Crippen molar-refractivity contribution in [1.29, 1.82) is 0 Å². The summed E-state index contributed by atoms with van der Waals surface area (Å²) in [5.41, 5.74) is 3.44. The van der Waals surface area contributed by atoms with E-state index in [1.807, 2.05) is 0 Å². The van der Waals surface area contributed by atoms with E-state index in [4.69, 9.17) is 11.6 Å². The van der Waals surface area contributed by atoms with Gasteiger partial charge in [0.25, 0.3) is 0 Å². The molecule has 5 rings (SSSR count). The van der Waals surface area contributed by atoms with Crippen LogP contribution in [-0.4, -0.2) is 32.6 Å². The number of hydrogen-bond donors (Lipinski definition) is 0. The SMILES string of the molecule is Clc1c(CN2CCC(c3ccccc3)CC2)ccn2c(CC3CC3)nnc12. The fraction of sp³-hybridized carbons (Fsp3) is 0.455. The summed E-state index contributed by atoms with van der Waals surface area (Å²) in [5, 5.41) is 9.51. The lowest BCUT2D eigenvalue weighted by atomic mass is 9.89. The minimum Gasteiger partial charge on any atom is -0.299 e. The topological polar surface area (TPSA) is 33.4 Å². The second-order valence-corrected chi connectivity index (χ2v) is 8.45. The second-order valence-electron chi connectivity index (χ2n) is 8.07. The van der Waals surface area contributed by atoms with Crippen LogP contribution in [0.2, 0.25) is 5.02 Å². The molecule has 3 heterocycles. The van der Waals surface area contributed by atoms with E-state index in [9.17, 15) is 0 Å². The summed E-state index contributed by atoms with van der Waals surface area (Å²) in [4.78, 5) is 2.51. The van der Waals surface area contributed by atoms with E-state index in [0.717, 1.165) is 54.0 Å². The molecule has 0 unspecified atom stereocenters. The minimum atomic E-state index is 0.682. The largest absolute Gasteiger partial charge is 0.299 e. The van der Waals surface area contributed by atoms with Gasteiger partial charge in [-0.2, -0.15) is 0 Å². The summed E-state index contributed by atoms with van der Waals surface area (Å²) in [6.07, 6.45) is 8.18. The molecule has 5 heteroatoms. The molecule has 0 N–H and O–H groups in total. The van der Waals surface area contributed by atoms with Crippen molar-refractivity contribution < 1.29 is 0 Å². The van der Waals surface area contributed by atoms with E-state index in [-0.39, 0.29) is 0 Å². The van der Waals surface area contributed by atoms with Gasteiger partial charge in [-0.05, 0) is 67.8 Å². The van der Waals surface area contributed by atoms with Gasteiger partial charge in [0, 0.05) is 19.2 Å². The van der Waals surface area contributed by atoms with Crippen molar-refractivity contribution >= 4 is 17.2 Å². The third-order valence-electron chi connectivity index (χ3n) is 6.09. The summed E-state index contributed by atoms with van der Waals surface area (Å²) in [5.74, 6) is 2.52. The van der Waals surface area contributed by atoms with Crippen LogP contribution >= 0.6 is 11.6 Å². The van der Waals surface area contributed by atoms with Crippen LogP contribution in [0.3, 0.4) is 0 Å². The van der Waals surface area contributed by atoms with Gasteiger partial charge < -0.3 is 0 Å². The highest BCUT2D eigenvalue weighted by atomic mass is 35.5. The molecule has 2 aromatic heterocycles. The van der Waals surface area contributed by atoms with Gasteiger partial charge in [-0.25, -0.2) is 0 Å². The van der Waals surface area contributed by atoms with Gasteiger partial charge in [0.15, 0.2) is 5.65 Å². The number of halogens is 1. The number of fused-ring (bicyclic) bond motifs is 1. The lowest BCUT2D eigenvalue weighted by Crippen LogP contribution is -2.32. The molecule has 1 saturated carbocycles. The summed E-state index contributed by atoms with van der Waals surface area (Å²) in [6, 6.07) is 13.1. The van der Waals surface area contributed by atoms with Gasteiger partial charge in [0.2, 0.25) is 0 Å². The Morgan fingerprint density at radius 1 is 0.963 bits per heavy atom. The van der Waals surface area contributed by atoms with E-state index in [0.29, 0.717) is 5.92 Å². The summed E-state index contributed by atoms with van der Waals surface area (Å²) >= 11 is 6.70. The molecule has 1 aliphatic heterocycles. The number of hydrogen-bond acceptors (Lipinski definition) is 3. The number of nitrogens with zero attached hydrogens (tertiary/aromatic N) is 4. The van der Waals surface area contributed by atoms with Gasteiger partial charge in [-0.15, -0.1) is 10.2 Å². The Kier molecular flexibility index (Phi) is 4.62. The number of benzene rings is 1. The molecule has 0 amide bonds. The molecule has 3 aromatic rings. The van der Waals surface area contributed by atoms with E-state index < -0.39 is 0 Å². The zero-order valence-corrected chi connectivity index (χ0v) is 16.3. The molecule has 4 nitrogen and oxygen atoms in total. The third-order valence-corrected chi connectivity index (χ3v) is 6.50. The highest BCUT2D eigenvalue weighted by Gasteiger charge is 2.25. The van der Waals surface area contributed by atoms with Crippen LogP contribution in [0.15, 0.2) is 42.6 Å². The first-order valence-corrected chi connectivity index (χ1v) is 10.4. The molecule has 0 bridgehead atoms. The molecule has 1 aliphatic carbocycles. The Hall–Kier alpha value is -1.91. The van der Waals surface area contributed by atoms with Crippen LogP contribution in [0.1, 0.15) is 48.6 Å². The number of piperidine rings is 1. The van der Waals surface area contributed by atoms with Gasteiger partial charge in [-0.1, -0.05) is 41.9 Å². The highest BCUT2D eigenvalue weighted by molar-refractivity contribution is 6.34. The summed E-state index contributed by atoms with van der Waals surface area (Å²) in [6.45, 7) is 3.11. The Balaban J connectivity index is 1.27. The van der Waals surface area contributed by atoms with Gasteiger partial charge in [0.1, 0.15) is 5.82 Å². The summed E-state index contributed by atoms with van der Waals surface area (Å²) in [7, 11) is 0. The molecular formula is C22H25ClN4. The fourth-order valence-electron chi connectivity index (χ4n) is 4.24. The molecule has 0 radical (unpaired) electrons. The van der Waals surface area contributed by atoms with E-state index in [1.165, 1.54) is 31.2 Å². The molecule has 2 fully saturated rings. The Morgan fingerprint density at radius 3 is 2.48 bits per heavy atom. The molecule has 27 heavy (non-hydrogen) atoms. The van der Waals surface area contributed by atoms with Crippen LogP contribution in [0.25, 0.3) is 5.65 Å². The van der Waals surface area contributed by atoms with E-state index >= 15 is 0 Å². The number of aromatic nitrogens is 3. The monoisotopic (exact) mass is 380 g/mol. The van der Waals surface area contributed by atoms with Crippen molar-refractivity contribution in [2.75, 3.05) is 13.1 Å². The second kappa shape index (κ2) is 7.25. The van der Waals surface area contributed by atoms with Crippen molar-refractivity contribution in [3.63, 3.8) is 0 Å². The quantitative estimate of drug-likeness (QED) is 0.642. The Labute approximate surface area is 165 Å². The number of likely N-dealkylation sites (tertiary alicyclic amines) is 1. The highest BCUT2D eigenvalue weighted by Crippen LogP contribution is 2.33. The Morgan fingerprint density at radius 2 is 1.74 bits per heavy atom. The molecule has 0 atom stereocenters. The lowest BCUT2D eigenvalue weighted by Gasteiger charge is -2.32. The van der Waals surface area contributed by atoms with E-state index in [1.54, 1.807) is 0 Å². The van der Waals surface area contributed by atoms with Crippen LogP contribution < -0.4 is 0 Å². The zero-order chi connectivity index (χ0) is 18.2. The molecule has 2 aliphatic rings. The number of pyridine rings is 1. The normalized spacial score (nSPS) is 19.0. The van der Waals surface area contributed by atoms with Crippen LogP contribution in [-0.2, 0) is 13.0 Å². The first-order valence-electron chi connectivity index (χ1n) is 10.1. The first-order chi connectivity index (χ1) is 13.3. The fourth-order valence-corrected chi connectivity index (χ4v) is 4.49. The van der Waals surface area contributed by atoms with Gasteiger partial charge in [0.05, 0.1) is 5.02 Å². The van der Waals surface area contributed by atoms with Gasteiger partial charge >= 0.3 is 0 Å². The van der Waals surface area contributed by atoms with Crippen molar-refractivity contribution in [3.8, 4) is 0 Å². The first kappa shape index (κ1) is 17.2. The van der Waals surface area contributed by atoms with Crippen LogP contribution in [0, 0.1) is 5.92 Å². The number of rotatable bonds is 5. The van der Waals surface area contributed by atoms with Crippen molar-refractivity contribution in [1.82, 2.24) is 19.5 Å².